The molecule has 0 aliphatic carbocycles. The molecule has 0 saturated carbocycles. The largest absolute Gasteiger partial charge is 0.369 e. The Morgan fingerprint density at radius 3 is 2.62 bits per heavy atom. The van der Waals surface area contributed by atoms with Crippen molar-refractivity contribution in [3.63, 3.8) is 0 Å². The fourth-order valence-electron chi connectivity index (χ4n) is 3.95. The lowest BCUT2D eigenvalue weighted by Gasteiger charge is -2.34. The van der Waals surface area contributed by atoms with Crippen LogP contribution in [0.1, 0.15) is 37.9 Å². The maximum absolute atomic E-state index is 13.1. The van der Waals surface area contributed by atoms with Crippen LogP contribution in [-0.4, -0.2) is 53.9 Å². The first-order valence-corrected chi connectivity index (χ1v) is 9.49. The van der Waals surface area contributed by atoms with Crippen molar-refractivity contribution in [2.45, 2.75) is 38.4 Å². The van der Waals surface area contributed by atoms with Gasteiger partial charge >= 0.3 is 0 Å². The van der Waals surface area contributed by atoms with E-state index >= 15 is 0 Å². The number of likely N-dealkylation sites (tertiary alicyclic amines) is 1. The molecular formula is C21H28N2O3. The molecule has 2 aliphatic heterocycles. The van der Waals surface area contributed by atoms with Gasteiger partial charge in [0, 0.05) is 26.2 Å². The number of carbonyl (C=O) groups is 2. The predicted molar refractivity (Wildman–Crippen MR) is 100 cm³/mol. The normalized spacial score (nSPS) is 26.9. The van der Waals surface area contributed by atoms with Crippen molar-refractivity contribution in [1.29, 1.82) is 0 Å². The van der Waals surface area contributed by atoms with Crippen LogP contribution in [-0.2, 0) is 14.3 Å². The third-order valence-corrected chi connectivity index (χ3v) is 5.28. The standard InChI is InChI=1S/C21H28N2O3/c1-3-20(24)22-12-7-10-18(15-22)21(25)23-13-11-19(26-16(2)14-23)17-8-5-4-6-9-17/h3-6,8-9,16,18-19H,1,7,10-15H2,2H3. The lowest BCUT2D eigenvalue weighted by atomic mass is 9.96. The molecule has 3 atom stereocenters. The SMILES string of the molecule is C=CC(=O)N1CCCC(C(=O)N2CCC(c3ccccc3)OC(C)C2)C1. The zero-order chi connectivity index (χ0) is 18.5. The predicted octanol–water partition coefficient (Wildman–Crippen LogP) is 2.79. The Hall–Kier alpha value is -2.14. The van der Waals surface area contributed by atoms with Gasteiger partial charge in [-0.1, -0.05) is 36.9 Å². The van der Waals surface area contributed by atoms with Gasteiger partial charge in [0.25, 0.3) is 0 Å². The summed E-state index contributed by atoms with van der Waals surface area (Å²) in [6.45, 7) is 8.08. The first-order valence-electron chi connectivity index (χ1n) is 9.49. The summed E-state index contributed by atoms with van der Waals surface area (Å²) in [7, 11) is 0. The van der Waals surface area contributed by atoms with E-state index in [4.69, 9.17) is 4.74 Å². The first kappa shape index (κ1) is 18.6. The van der Waals surface area contributed by atoms with E-state index in [1.165, 1.54) is 6.08 Å². The van der Waals surface area contributed by atoms with Crippen LogP contribution in [0, 0.1) is 5.92 Å². The second kappa shape index (κ2) is 8.49. The Bertz CT molecular complexity index is 646. The highest BCUT2D eigenvalue weighted by molar-refractivity contribution is 5.88. The average molecular weight is 356 g/mol. The van der Waals surface area contributed by atoms with Crippen molar-refractivity contribution < 1.29 is 14.3 Å². The van der Waals surface area contributed by atoms with Crippen LogP contribution in [0.2, 0.25) is 0 Å². The topological polar surface area (TPSA) is 49.9 Å². The summed E-state index contributed by atoms with van der Waals surface area (Å²) in [6, 6.07) is 10.2. The van der Waals surface area contributed by atoms with Gasteiger partial charge in [-0.05, 0) is 37.8 Å². The molecule has 0 aromatic heterocycles. The average Bonchev–Trinajstić information content (AvgIpc) is 2.89. The molecule has 2 aliphatic rings. The Morgan fingerprint density at radius 2 is 1.88 bits per heavy atom. The van der Waals surface area contributed by atoms with E-state index in [1.54, 1.807) is 4.90 Å². The molecule has 3 rings (SSSR count). The monoisotopic (exact) mass is 356 g/mol. The Kier molecular flexibility index (Phi) is 6.09. The van der Waals surface area contributed by atoms with Gasteiger partial charge in [0.15, 0.2) is 0 Å². The number of benzene rings is 1. The fraction of sp³-hybridized carbons (Fsp3) is 0.524. The summed E-state index contributed by atoms with van der Waals surface area (Å²) in [5.74, 6) is -0.0527. The van der Waals surface area contributed by atoms with Gasteiger partial charge in [-0.25, -0.2) is 0 Å². The van der Waals surface area contributed by atoms with Crippen molar-refractivity contribution in [3.05, 3.63) is 48.6 Å². The molecule has 1 aromatic rings. The zero-order valence-electron chi connectivity index (χ0n) is 15.5. The molecule has 2 amide bonds. The molecule has 5 heteroatoms. The van der Waals surface area contributed by atoms with Gasteiger partial charge in [-0.3, -0.25) is 9.59 Å². The molecule has 3 unspecified atom stereocenters. The van der Waals surface area contributed by atoms with E-state index in [2.05, 4.69) is 18.7 Å². The summed E-state index contributed by atoms with van der Waals surface area (Å²) in [4.78, 5) is 28.6. The van der Waals surface area contributed by atoms with E-state index in [9.17, 15) is 9.59 Å². The van der Waals surface area contributed by atoms with Gasteiger partial charge in [0.2, 0.25) is 11.8 Å². The number of rotatable bonds is 3. The van der Waals surface area contributed by atoms with Crippen molar-refractivity contribution >= 4 is 11.8 Å². The van der Waals surface area contributed by atoms with Crippen LogP contribution < -0.4 is 0 Å². The molecule has 1 aromatic carbocycles. The quantitative estimate of drug-likeness (QED) is 0.783. The number of nitrogens with zero attached hydrogens (tertiary/aromatic N) is 2. The van der Waals surface area contributed by atoms with Crippen molar-refractivity contribution in [3.8, 4) is 0 Å². The lowest BCUT2D eigenvalue weighted by Crippen LogP contribution is -2.47. The highest BCUT2D eigenvalue weighted by Crippen LogP contribution is 2.28. The smallest absolute Gasteiger partial charge is 0.245 e. The van der Waals surface area contributed by atoms with E-state index in [0.29, 0.717) is 26.2 Å². The van der Waals surface area contributed by atoms with Gasteiger partial charge in [-0.15, -0.1) is 0 Å². The number of carbonyl (C=O) groups excluding carboxylic acids is 2. The fourth-order valence-corrected chi connectivity index (χ4v) is 3.95. The summed E-state index contributed by atoms with van der Waals surface area (Å²) in [6.07, 6.45) is 3.84. The summed E-state index contributed by atoms with van der Waals surface area (Å²) in [5.41, 5.74) is 1.16. The minimum absolute atomic E-state index is 0.0128. The Balaban J connectivity index is 1.64. The number of hydrogen-bond acceptors (Lipinski definition) is 3. The number of amides is 2. The van der Waals surface area contributed by atoms with Gasteiger partial charge < -0.3 is 14.5 Å². The molecule has 0 N–H and O–H groups in total. The number of hydrogen-bond donors (Lipinski definition) is 0. The zero-order valence-corrected chi connectivity index (χ0v) is 15.5. The minimum atomic E-state index is -0.117. The van der Waals surface area contributed by atoms with E-state index in [1.807, 2.05) is 30.0 Å². The van der Waals surface area contributed by atoms with Crippen LogP contribution in [0.4, 0.5) is 0 Å². The molecule has 5 nitrogen and oxygen atoms in total. The summed E-state index contributed by atoms with van der Waals surface area (Å²) in [5, 5.41) is 0. The van der Waals surface area contributed by atoms with Crippen molar-refractivity contribution in [2.24, 2.45) is 5.92 Å². The second-order valence-corrected chi connectivity index (χ2v) is 7.25. The van der Waals surface area contributed by atoms with Crippen LogP contribution in [0.5, 0.6) is 0 Å². The maximum Gasteiger partial charge on any atom is 0.245 e. The number of ether oxygens (including phenoxy) is 1. The lowest BCUT2D eigenvalue weighted by molar-refractivity contribution is -0.140. The van der Waals surface area contributed by atoms with E-state index < -0.39 is 0 Å². The minimum Gasteiger partial charge on any atom is -0.369 e. The first-order chi connectivity index (χ1) is 12.6. The molecule has 0 bridgehead atoms. The Morgan fingerprint density at radius 1 is 1.12 bits per heavy atom. The molecule has 2 heterocycles. The van der Waals surface area contributed by atoms with Crippen LogP contribution in [0.25, 0.3) is 0 Å². The highest BCUT2D eigenvalue weighted by Gasteiger charge is 2.33. The van der Waals surface area contributed by atoms with Crippen LogP contribution in [0.15, 0.2) is 43.0 Å². The molecular weight excluding hydrogens is 328 g/mol. The molecule has 2 saturated heterocycles. The van der Waals surface area contributed by atoms with Gasteiger partial charge in [-0.2, -0.15) is 0 Å². The molecule has 0 spiro atoms. The molecule has 0 radical (unpaired) electrons. The van der Waals surface area contributed by atoms with E-state index in [0.717, 1.165) is 24.8 Å². The molecule has 140 valence electrons. The third-order valence-electron chi connectivity index (χ3n) is 5.28. The number of piperidine rings is 1. The Labute approximate surface area is 155 Å². The molecule has 2 fully saturated rings. The van der Waals surface area contributed by atoms with Crippen LogP contribution in [0.3, 0.4) is 0 Å². The summed E-state index contributed by atoms with van der Waals surface area (Å²) < 4.78 is 6.17. The van der Waals surface area contributed by atoms with Crippen molar-refractivity contribution in [1.82, 2.24) is 9.80 Å². The maximum atomic E-state index is 13.1. The second-order valence-electron chi connectivity index (χ2n) is 7.25. The summed E-state index contributed by atoms with van der Waals surface area (Å²) >= 11 is 0. The molecule has 26 heavy (non-hydrogen) atoms. The van der Waals surface area contributed by atoms with Crippen LogP contribution >= 0.6 is 0 Å². The third kappa shape index (κ3) is 4.33. The van der Waals surface area contributed by atoms with Gasteiger partial charge in [0.1, 0.15) is 0 Å². The highest BCUT2D eigenvalue weighted by atomic mass is 16.5. The van der Waals surface area contributed by atoms with Crippen molar-refractivity contribution in [2.75, 3.05) is 26.2 Å². The van der Waals surface area contributed by atoms with Gasteiger partial charge in [0.05, 0.1) is 18.1 Å². The van der Waals surface area contributed by atoms with E-state index in [-0.39, 0.29) is 29.9 Å².